The Morgan fingerprint density at radius 2 is 1.83 bits per heavy atom. The number of likely N-dealkylation sites (N-methyl/N-ethyl adjacent to an activating group) is 1. The molecule has 1 aliphatic carbocycles. The highest BCUT2D eigenvalue weighted by atomic mass is 16.3. The maximum Gasteiger partial charge on any atom is 0.252 e. The van der Waals surface area contributed by atoms with Crippen molar-refractivity contribution < 1.29 is 14.7 Å². The largest absolute Gasteiger partial charge is 0.391 e. The summed E-state index contributed by atoms with van der Waals surface area (Å²) in [5.41, 5.74) is 2.94. The molecule has 5 heteroatoms. The fourth-order valence-corrected chi connectivity index (χ4v) is 2.75. The van der Waals surface area contributed by atoms with Crippen LogP contribution in [0, 0.1) is 19.8 Å². The minimum absolute atomic E-state index is 0.000315. The Balaban J connectivity index is 2.22. The lowest BCUT2D eigenvalue weighted by Gasteiger charge is -2.29. The number of amides is 2. The van der Waals surface area contributed by atoms with Gasteiger partial charge in [0.2, 0.25) is 5.91 Å². The quantitative estimate of drug-likeness (QED) is 0.842. The molecule has 0 radical (unpaired) electrons. The molecule has 1 aromatic rings. The van der Waals surface area contributed by atoms with Gasteiger partial charge in [-0.1, -0.05) is 6.07 Å². The number of carbonyl (C=O) groups excluding carboxylic acids is 2. The molecule has 2 rings (SSSR count). The fraction of sp³-hybridized carbons (Fsp3) is 0.556. The smallest absolute Gasteiger partial charge is 0.252 e. The van der Waals surface area contributed by atoms with E-state index in [-0.39, 0.29) is 17.7 Å². The lowest BCUT2D eigenvalue weighted by atomic mass is 10.1. The van der Waals surface area contributed by atoms with E-state index in [0.717, 1.165) is 29.7 Å². The number of benzene rings is 1. The molecule has 0 saturated heterocycles. The molecule has 0 spiro atoms. The summed E-state index contributed by atoms with van der Waals surface area (Å²) >= 11 is 0. The molecular weight excluding hydrogens is 292 g/mol. The molecule has 1 aliphatic rings. The highest BCUT2D eigenvalue weighted by Gasteiger charge is 2.35. The number of nitrogens with zero attached hydrogens (tertiary/aromatic N) is 1. The predicted octanol–water partition coefficient (Wildman–Crippen LogP) is 1.93. The van der Waals surface area contributed by atoms with Gasteiger partial charge in [-0.25, -0.2) is 0 Å². The van der Waals surface area contributed by atoms with E-state index >= 15 is 0 Å². The van der Waals surface area contributed by atoms with Crippen molar-refractivity contribution in [1.29, 1.82) is 0 Å². The second-order valence-corrected chi connectivity index (χ2v) is 6.43. The Labute approximate surface area is 137 Å². The van der Waals surface area contributed by atoms with Crippen LogP contribution in [0.3, 0.4) is 0 Å². The second-order valence-electron chi connectivity index (χ2n) is 6.43. The lowest BCUT2D eigenvalue weighted by Crippen LogP contribution is -2.54. The van der Waals surface area contributed by atoms with E-state index in [1.807, 2.05) is 39.0 Å². The zero-order valence-electron chi connectivity index (χ0n) is 14.3. The van der Waals surface area contributed by atoms with Crippen LogP contribution in [0.25, 0.3) is 0 Å². The number of rotatable bonds is 6. The van der Waals surface area contributed by atoms with Gasteiger partial charge in [-0.15, -0.1) is 0 Å². The van der Waals surface area contributed by atoms with Crippen molar-refractivity contribution in [3.63, 3.8) is 0 Å². The number of hydrogen-bond donors (Lipinski definition) is 2. The first-order valence-electron chi connectivity index (χ1n) is 8.21. The molecule has 1 saturated carbocycles. The van der Waals surface area contributed by atoms with Gasteiger partial charge in [0.1, 0.15) is 6.04 Å². The number of aryl methyl sites for hydroxylation is 2. The summed E-state index contributed by atoms with van der Waals surface area (Å²) in [5, 5.41) is 12.7. The monoisotopic (exact) mass is 318 g/mol. The third-order valence-corrected chi connectivity index (χ3v) is 4.09. The van der Waals surface area contributed by atoms with Crippen molar-refractivity contribution in [3.05, 3.63) is 29.3 Å². The van der Waals surface area contributed by atoms with Crippen LogP contribution < -0.4 is 10.2 Å². The SMILES string of the molecule is CCN(C(=O)C(NC(=O)C1CC1)C(C)O)c1cc(C)cc(C)c1. The highest BCUT2D eigenvalue weighted by Crippen LogP contribution is 2.29. The molecule has 2 N–H and O–H groups in total. The van der Waals surface area contributed by atoms with Crippen LogP contribution in [-0.2, 0) is 9.59 Å². The maximum atomic E-state index is 12.9. The summed E-state index contributed by atoms with van der Waals surface area (Å²) < 4.78 is 0. The van der Waals surface area contributed by atoms with Gasteiger partial charge >= 0.3 is 0 Å². The van der Waals surface area contributed by atoms with Gasteiger partial charge in [-0.05, 0) is 63.8 Å². The van der Waals surface area contributed by atoms with Gasteiger partial charge in [0, 0.05) is 18.2 Å². The molecule has 2 atom stereocenters. The number of carbonyl (C=O) groups is 2. The van der Waals surface area contributed by atoms with Gasteiger partial charge in [-0.2, -0.15) is 0 Å². The van der Waals surface area contributed by atoms with Crippen LogP contribution in [0.5, 0.6) is 0 Å². The molecule has 23 heavy (non-hydrogen) atoms. The van der Waals surface area contributed by atoms with E-state index in [1.165, 1.54) is 6.92 Å². The minimum Gasteiger partial charge on any atom is -0.391 e. The van der Waals surface area contributed by atoms with Crippen LogP contribution in [0.2, 0.25) is 0 Å². The Morgan fingerprint density at radius 3 is 2.26 bits per heavy atom. The first-order valence-corrected chi connectivity index (χ1v) is 8.21. The molecule has 0 bridgehead atoms. The predicted molar refractivity (Wildman–Crippen MR) is 90.3 cm³/mol. The molecule has 0 aliphatic heterocycles. The normalized spacial score (nSPS) is 16.6. The fourth-order valence-electron chi connectivity index (χ4n) is 2.75. The van der Waals surface area contributed by atoms with E-state index in [0.29, 0.717) is 6.54 Å². The van der Waals surface area contributed by atoms with Crippen molar-refractivity contribution in [1.82, 2.24) is 5.32 Å². The van der Waals surface area contributed by atoms with Crippen molar-refractivity contribution in [2.45, 2.75) is 52.7 Å². The number of aliphatic hydroxyl groups is 1. The van der Waals surface area contributed by atoms with E-state index < -0.39 is 12.1 Å². The lowest BCUT2D eigenvalue weighted by molar-refractivity contribution is -0.130. The molecule has 2 amide bonds. The summed E-state index contributed by atoms with van der Waals surface area (Å²) in [4.78, 5) is 26.5. The number of hydrogen-bond acceptors (Lipinski definition) is 3. The van der Waals surface area contributed by atoms with Crippen LogP contribution in [0.1, 0.15) is 37.8 Å². The van der Waals surface area contributed by atoms with Crippen molar-refractivity contribution in [2.75, 3.05) is 11.4 Å². The average Bonchev–Trinajstić information content (AvgIpc) is 3.28. The molecule has 1 fully saturated rings. The molecule has 126 valence electrons. The first-order chi connectivity index (χ1) is 10.8. The maximum absolute atomic E-state index is 12.9. The average molecular weight is 318 g/mol. The van der Waals surface area contributed by atoms with Crippen molar-refractivity contribution in [3.8, 4) is 0 Å². The standard InChI is InChI=1S/C18H26N2O3/c1-5-20(15-9-11(2)8-12(3)10-15)18(23)16(13(4)21)19-17(22)14-6-7-14/h8-10,13-14,16,21H,5-7H2,1-4H3,(H,19,22). The summed E-state index contributed by atoms with van der Waals surface area (Å²) in [6.45, 7) is 7.86. The molecule has 1 aromatic carbocycles. The summed E-state index contributed by atoms with van der Waals surface area (Å²) in [6.07, 6.45) is 0.785. The van der Waals surface area contributed by atoms with E-state index in [2.05, 4.69) is 5.32 Å². The Bertz CT molecular complexity index is 574. The summed E-state index contributed by atoms with van der Waals surface area (Å²) in [6, 6.07) is 5.01. The molecule has 0 heterocycles. The van der Waals surface area contributed by atoms with Gasteiger partial charge in [0.05, 0.1) is 6.10 Å². The Morgan fingerprint density at radius 1 is 1.26 bits per heavy atom. The Kier molecular flexibility index (Phi) is 5.42. The van der Waals surface area contributed by atoms with Crippen LogP contribution >= 0.6 is 0 Å². The second kappa shape index (κ2) is 7.13. The number of nitrogens with one attached hydrogen (secondary N) is 1. The zero-order chi connectivity index (χ0) is 17.1. The topological polar surface area (TPSA) is 69.6 Å². The van der Waals surface area contributed by atoms with Crippen LogP contribution in [-0.4, -0.2) is 35.6 Å². The Hall–Kier alpha value is -1.88. The van der Waals surface area contributed by atoms with E-state index in [9.17, 15) is 14.7 Å². The molecular formula is C18H26N2O3. The zero-order valence-corrected chi connectivity index (χ0v) is 14.3. The molecule has 5 nitrogen and oxygen atoms in total. The van der Waals surface area contributed by atoms with Crippen LogP contribution in [0.15, 0.2) is 18.2 Å². The third-order valence-electron chi connectivity index (χ3n) is 4.09. The first kappa shape index (κ1) is 17.5. The minimum atomic E-state index is -0.940. The molecule has 2 unspecified atom stereocenters. The van der Waals surface area contributed by atoms with Gasteiger partial charge < -0.3 is 15.3 Å². The van der Waals surface area contributed by atoms with Gasteiger partial charge in [0.15, 0.2) is 0 Å². The van der Waals surface area contributed by atoms with Crippen molar-refractivity contribution in [2.24, 2.45) is 5.92 Å². The van der Waals surface area contributed by atoms with Crippen molar-refractivity contribution >= 4 is 17.5 Å². The van der Waals surface area contributed by atoms with E-state index in [4.69, 9.17) is 0 Å². The molecule has 0 aromatic heterocycles. The summed E-state index contributed by atoms with van der Waals surface area (Å²) in [5.74, 6) is -0.414. The number of aliphatic hydroxyl groups excluding tert-OH is 1. The summed E-state index contributed by atoms with van der Waals surface area (Å²) in [7, 11) is 0. The highest BCUT2D eigenvalue weighted by molar-refractivity contribution is 6.00. The van der Waals surface area contributed by atoms with Gasteiger partial charge in [-0.3, -0.25) is 9.59 Å². The van der Waals surface area contributed by atoms with Gasteiger partial charge in [0.25, 0.3) is 5.91 Å². The number of anilines is 1. The van der Waals surface area contributed by atoms with Crippen LogP contribution in [0.4, 0.5) is 5.69 Å². The third kappa shape index (κ3) is 4.32. The van der Waals surface area contributed by atoms with E-state index in [1.54, 1.807) is 4.90 Å².